The van der Waals surface area contributed by atoms with Crippen LogP contribution in [0.3, 0.4) is 0 Å². The lowest BCUT2D eigenvalue weighted by atomic mass is 9.75. The first kappa shape index (κ1) is 14.0. The fraction of sp³-hybridized carbons (Fsp3) is 0.667. The van der Waals surface area contributed by atoms with Gasteiger partial charge in [-0.1, -0.05) is 13.8 Å². The Hall–Kier alpha value is -0.410. The minimum atomic E-state index is 0.549. The molecule has 0 saturated heterocycles. The highest BCUT2D eigenvalue weighted by atomic mass is 79.9. The number of nitrogens with zero attached hydrogens (tertiary/aromatic N) is 2. The fourth-order valence-corrected chi connectivity index (χ4v) is 2.94. The van der Waals surface area contributed by atoms with Gasteiger partial charge in [0.05, 0.1) is 5.69 Å². The molecule has 1 aromatic heterocycles. The highest BCUT2D eigenvalue weighted by molar-refractivity contribution is 9.10. The Morgan fingerprint density at radius 3 is 2.56 bits per heavy atom. The molecule has 1 aliphatic rings. The largest absolute Gasteiger partial charge is 0.298 e. The normalized spacial score (nSPS) is 20.3. The van der Waals surface area contributed by atoms with Gasteiger partial charge in [0.1, 0.15) is 0 Å². The van der Waals surface area contributed by atoms with Gasteiger partial charge in [0.2, 0.25) is 0 Å². The summed E-state index contributed by atoms with van der Waals surface area (Å²) in [5.74, 6) is 0. The van der Waals surface area contributed by atoms with Crippen LogP contribution in [-0.2, 0) is 6.54 Å². The van der Waals surface area contributed by atoms with Crippen molar-refractivity contribution in [1.82, 2.24) is 9.88 Å². The number of rotatable bonds is 3. The van der Waals surface area contributed by atoms with E-state index >= 15 is 0 Å². The molecule has 1 fully saturated rings. The molecule has 0 aliphatic heterocycles. The van der Waals surface area contributed by atoms with E-state index in [4.69, 9.17) is 0 Å². The maximum atomic E-state index is 4.45. The summed E-state index contributed by atoms with van der Waals surface area (Å²) in [6.07, 6.45) is 7.21. The van der Waals surface area contributed by atoms with E-state index in [9.17, 15) is 0 Å². The predicted molar refractivity (Wildman–Crippen MR) is 79.4 cm³/mol. The molecule has 0 aromatic carbocycles. The number of aromatic nitrogens is 1. The van der Waals surface area contributed by atoms with Crippen LogP contribution >= 0.6 is 15.9 Å². The Bertz CT molecular complexity index is 376. The van der Waals surface area contributed by atoms with Gasteiger partial charge in [0.15, 0.2) is 0 Å². The zero-order valence-electron chi connectivity index (χ0n) is 11.6. The summed E-state index contributed by atoms with van der Waals surface area (Å²) in [4.78, 5) is 6.92. The lowest BCUT2D eigenvalue weighted by Gasteiger charge is -2.38. The third-order valence-corrected chi connectivity index (χ3v) is 4.60. The predicted octanol–water partition coefficient (Wildman–Crippen LogP) is 4.24. The summed E-state index contributed by atoms with van der Waals surface area (Å²) in [6.45, 7) is 5.73. The summed E-state index contributed by atoms with van der Waals surface area (Å²) in [6, 6.07) is 4.90. The van der Waals surface area contributed by atoms with Gasteiger partial charge >= 0.3 is 0 Å². The molecule has 18 heavy (non-hydrogen) atoms. The molecule has 0 spiro atoms. The van der Waals surface area contributed by atoms with Crippen LogP contribution in [0.15, 0.2) is 22.8 Å². The summed E-state index contributed by atoms with van der Waals surface area (Å²) < 4.78 is 1.05. The molecule has 1 saturated carbocycles. The van der Waals surface area contributed by atoms with E-state index < -0.39 is 0 Å². The molecular formula is C15H23BrN2. The molecule has 0 unspecified atom stereocenters. The second-order valence-corrected chi connectivity index (χ2v) is 7.19. The SMILES string of the molecule is CN(Cc1ccc(Br)cn1)C1CCC(C)(C)CC1. The van der Waals surface area contributed by atoms with Crippen LogP contribution in [0.2, 0.25) is 0 Å². The van der Waals surface area contributed by atoms with Crippen LogP contribution in [0.4, 0.5) is 0 Å². The van der Waals surface area contributed by atoms with E-state index in [1.807, 2.05) is 6.20 Å². The van der Waals surface area contributed by atoms with E-state index in [2.05, 4.69) is 58.8 Å². The van der Waals surface area contributed by atoms with Gasteiger partial charge in [-0.25, -0.2) is 0 Å². The first-order valence-electron chi connectivity index (χ1n) is 6.77. The molecule has 0 radical (unpaired) electrons. The van der Waals surface area contributed by atoms with Crippen LogP contribution in [0.25, 0.3) is 0 Å². The Balaban J connectivity index is 1.89. The van der Waals surface area contributed by atoms with E-state index in [0.717, 1.165) is 22.8 Å². The molecule has 1 aliphatic carbocycles. The number of hydrogen-bond acceptors (Lipinski definition) is 2. The Morgan fingerprint density at radius 1 is 1.33 bits per heavy atom. The van der Waals surface area contributed by atoms with Crippen molar-refractivity contribution in [2.45, 2.75) is 52.1 Å². The lowest BCUT2D eigenvalue weighted by Crippen LogP contribution is -2.36. The van der Waals surface area contributed by atoms with Gasteiger partial charge in [-0.2, -0.15) is 0 Å². The van der Waals surface area contributed by atoms with Crippen molar-refractivity contribution in [3.63, 3.8) is 0 Å². The minimum absolute atomic E-state index is 0.549. The molecule has 2 rings (SSSR count). The second kappa shape index (κ2) is 5.70. The topological polar surface area (TPSA) is 16.1 Å². The molecule has 2 nitrogen and oxygen atoms in total. The zero-order valence-corrected chi connectivity index (χ0v) is 13.2. The van der Waals surface area contributed by atoms with E-state index in [0.29, 0.717) is 5.41 Å². The third kappa shape index (κ3) is 3.79. The zero-order chi connectivity index (χ0) is 13.2. The van der Waals surface area contributed by atoms with Gasteiger partial charge < -0.3 is 0 Å². The van der Waals surface area contributed by atoms with Crippen LogP contribution in [0, 0.1) is 5.41 Å². The summed E-state index contributed by atoms with van der Waals surface area (Å²) >= 11 is 3.42. The summed E-state index contributed by atoms with van der Waals surface area (Å²) in [5.41, 5.74) is 1.71. The van der Waals surface area contributed by atoms with Crippen LogP contribution < -0.4 is 0 Å². The maximum absolute atomic E-state index is 4.45. The molecule has 0 amide bonds. The Morgan fingerprint density at radius 2 is 2.00 bits per heavy atom. The van der Waals surface area contributed by atoms with Crippen LogP contribution in [-0.4, -0.2) is 23.0 Å². The standard InChI is InChI=1S/C15H23BrN2/c1-15(2)8-6-14(7-9-15)18(3)11-13-5-4-12(16)10-17-13/h4-5,10,14H,6-9,11H2,1-3H3. The Kier molecular flexibility index (Phi) is 4.44. The number of pyridine rings is 1. The van der Waals surface area contributed by atoms with Gasteiger partial charge in [-0.3, -0.25) is 9.88 Å². The van der Waals surface area contributed by atoms with E-state index in [-0.39, 0.29) is 0 Å². The first-order chi connectivity index (χ1) is 8.46. The lowest BCUT2D eigenvalue weighted by molar-refractivity contribution is 0.122. The molecule has 3 heteroatoms. The summed E-state index contributed by atoms with van der Waals surface area (Å²) in [5, 5.41) is 0. The smallest absolute Gasteiger partial charge is 0.0544 e. The molecule has 0 atom stereocenters. The highest BCUT2D eigenvalue weighted by Gasteiger charge is 2.28. The molecule has 1 heterocycles. The van der Waals surface area contributed by atoms with Gasteiger partial charge in [0.25, 0.3) is 0 Å². The average molecular weight is 311 g/mol. The van der Waals surface area contributed by atoms with Gasteiger partial charge in [-0.05, 0) is 66.2 Å². The minimum Gasteiger partial charge on any atom is -0.298 e. The van der Waals surface area contributed by atoms with Crippen molar-refractivity contribution >= 4 is 15.9 Å². The van der Waals surface area contributed by atoms with Crippen molar-refractivity contribution in [2.24, 2.45) is 5.41 Å². The second-order valence-electron chi connectivity index (χ2n) is 6.28. The van der Waals surface area contributed by atoms with Gasteiger partial charge in [0, 0.05) is 23.3 Å². The molecule has 0 N–H and O–H groups in total. The highest BCUT2D eigenvalue weighted by Crippen LogP contribution is 2.36. The third-order valence-electron chi connectivity index (χ3n) is 4.13. The average Bonchev–Trinajstić information content (AvgIpc) is 2.32. The van der Waals surface area contributed by atoms with Gasteiger partial charge in [-0.15, -0.1) is 0 Å². The fourth-order valence-electron chi connectivity index (χ4n) is 2.71. The molecule has 1 aromatic rings. The van der Waals surface area contributed by atoms with Crippen molar-refractivity contribution in [1.29, 1.82) is 0 Å². The monoisotopic (exact) mass is 310 g/mol. The van der Waals surface area contributed by atoms with Crippen molar-refractivity contribution in [3.8, 4) is 0 Å². The quantitative estimate of drug-likeness (QED) is 0.830. The van der Waals surface area contributed by atoms with Crippen molar-refractivity contribution in [2.75, 3.05) is 7.05 Å². The van der Waals surface area contributed by atoms with E-state index in [1.54, 1.807) is 0 Å². The number of halogens is 1. The number of hydrogen-bond donors (Lipinski definition) is 0. The van der Waals surface area contributed by atoms with Crippen LogP contribution in [0.1, 0.15) is 45.2 Å². The molecule has 100 valence electrons. The Labute approximate surface area is 119 Å². The van der Waals surface area contributed by atoms with Crippen molar-refractivity contribution in [3.05, 3.63) is 28.5 Å². The summed E-state index contributed by atoms with van der Waals surface area (Å²) in [7, 11) is 2.23. The van der Waals surface area contributed by atoms with Crippen molar-refractivity contribution < 1.29 is 0 Å². The first-order valence-corrected chi connectivity index (χ1v) is 7.56. The van der Waals surface area contributed by atoms with E-state index in [1.165, 1.54) is 25.7 Å². The maximum Gasteiger partial charge on any atom is 0.0544 e. The molecule has 0 bridgehead atoms. The molecular weight excluding hydrogens is 288 g/mol. The van der Waals surface area contributed by atoms with Crippen LogP contribution in [0.5, 0.6) is 0 Å².